The van der Waals surface area contributed by atoms with Crippen molar-refractivity contribution < 1.29 is 14.0 Å². The summed E-state index contributed by atoms with van der Waals surface area (Å²) in [6.07, 6.45) is 4.69. The molecule has 29 heavy (non-hydrogen) atoms. The van der Waals surface area contributed by atoms with E-state index in [-0.39, 0.29) is 17.9 Å². The third-order valence-electron chi connectivity index (χ3n) is 5.03. The van der Waals surface area contributed by atoms with E-state index >= 15 is 0 Å². The Morgan fingerprint density at radius 3 is 2.62 bits per heavy atom. The molecule has 4 rings (SSSR count). The summed E-state index contributed by atoms with van der Waals surface area (Å²) >= 11 is 1.36. The van der Waals surface area contributed by atoms with E-state index in [1.54, 1.807) is 24.1 Å². The monoisotopic (exact) mass is 413 g/mol. The molecule has 9 heteroatoms. The fraction of sp³-hybridized carbons (Fsp3) is 0.400. The molecule has 1 aliphatic heterocycles. The van der Waals surface area contributed by atoms with Gasteiger partial charge in [0, 0.05) is 32.4 Å². The third kappa shape index (κ3) is 4.09. The Bertz CT molecular complexity index is 1040. The topological polar surface area (TPSA) is 93.3 Å². The van der Waals surface area contributed by atoms with E-state index in [4.69, 9.17) is 4.42 Å². The van der Waals surface area contributed by atoms with Crippen LogP contribution < -0.4 is 5.32 Å². The Hall–Kier alpha value is -2.94. The number of carbonyl (C=O) groups is 2. The van der Waals surface area contributed by atoms with Crippen LogP contribution in [0.3, 0.4) is 0 Å². The van der Waals surface area contributed by atoms with Crippen LogP contribution in [0.25, 0.3) is 10.8 Å². The Morgan fingerprint density at radius 2 is 2.00 bits per heavy atom. The summed E-state index contributed by atoms with van der Waals surface area (Å²) in [4.78, 5) is 32.3. The van der Waals surface area contributed by atoms with E-state index in [1.807, 2.05) is 30.9 Å². The number of thiazole rings is 1. The summed E-state index contributed by atoms with van der Waals surface area (Å²) in [6, 6.07) is 3.81. The highest BCUT2D eigenvalue weighted by molar-refractivity contribution is 7.17. The summed E-state index contributed by atoms with van der Waals surface area (Å²) < 4.78 is 7.23. The van der Waals surface area contributed by atoms with Gasteiger partial charge < -0.3 is 14.6 Å². The van der Waals surface area contributed by atoms with E-state index in [1.165, 1.54) is 11.3 Å². The van der Waals surface area contributed by atoms with E-state index in [9.17, 15) is 9.59 Å². The van der Waals surface area contributed by atoms with Crippen LogP contribution >= 0.6 is 11.3 Å². The molecule has 0 unspecified atom stereocenters. The number of nitrogens with zero attached hydrogens (tertiary/aromatic N) is 4. The van der Waals surface area contributed by atoms with Gasteiger partial charge in [-0.1, -0.05) is 0 Å². The van der Waals surface area contributed by atoms with Crippen molar-refractivity contribution in [2.45, 2.75) is 32.7 Å². The molecule has 152 valence electrons. The first-order chi connectivity index (χ1) is 13.9. The molecule has 0 bridgehead atoms. The minimum Gasteiger partial charge on any atom is -0.459 e. The number of nitrogens with one attached hydrogen (secondary N) is 1. The summed E-state index contributed by atoms with van der Waals surface area (Å²) in [5, 5.41) is 7.78. The lowest BCUT2D eigenvalue weighted by Gasteiger charge is -2.32. The van der Waals surface area contributed by atoms with Crippen molar-refractivity contribution in [2.24, 2.45) is 7.05 Å². The first-order valence-electron chi connectivity index (χ1n) is 9.53. The molecule has 0 aromatic carbocycles. The number of amides is 2. The Balaban J connectivity index is 1.37. The number of furan rings is 1. The fourth-order valence-corrected chi connectivity index (χ4v) is 4.42. The van der Waals surface area contributed by atoms with Crippen molar-refractivity contribution in [1.29, 1.82) is 0 Å². The van der Waals surface area contributed by atoms with Gasteiger partial charge in [-0.05, 0) is 38.8 Å². The quantitative estimate of drug-likeness (QED) is 0.710. The highest BCUT2D eigenvalue weighted by Crippen LogP contribution is 2.30. The van der Waals surface area contributed by atoms with Gasteiger partial charge in [-0.15, -0.1) is 11.3 Å². The van der Waals surface area contributed by atoms with Crippen molar-refractivity contribution in [2.75, 3.05) is 13.1 Å². The number of carbonyl (C=O) groups excluding carboxylic acids is 2. The zero-order chi connectivity index (χ0) is 20.5. The molecule has 4 heterocycles. The second-order valence-corrected chi connectivity index (χ2v) is 8.29. The first kappa shape index (κ1) is 19.4. The smallest absolute Gasteiger partial charge is 0.265 e. The average molecular weight is 414 g/mol. The van der Waals surface area contributed by atoms with E-state index in [0.717, 1.165) is 29.3 Å². The Morgan fingerprint density at radius 1 is 1.24 bits per heavy atom. The maximum atomic E-state index is 13.0. The van der Waals surface area contributed by atoms with Crippen molar-refractivity contribution in [3.63, 3.8) is 0 Å². The van der Waals surface area contributed by atoms with Gasteiger partial charge in [-0.3, -0.25) is 14.3 Å². The number of piperidine rings is 1. The van der Waals surface area contributed by atoms with Crippen LogP contribution in [-0.2, 0) is 7.05 Å². The lowest BCUT2D eigenvalue weighted by Crippen LogP contribution is -2.46. The lowest BCUT2D eigenvalue weighted by molar-refractivity contribution is 0.0702. The van der Waals surface area contributed by atoms with E-state index in [2.05, 4.69) is 15.4 Å². The van der Waals surface area contributed by atoms with Crippen molar-refractivity contribution in [3.8, 4) is 10.8 Å². The number of hydrogen-bond acceptors (Lipinski definition) is 6. The van der Waals surface area contributed by atoms with Crippen LogP contribution in [0.15, 0.2) is 28.9 Å². The molecule has 1 aliphatic rings. The van der Waals surface area contributed by atoms with E-state index < -0.39 is 0 Å². The molecule has 0 atom stereocenters. The van der Waals surface area contributed by atoms with E-state index in [0.29, 0.717) is 29.3 Å². The van der Waals surface area contributed by atoms with Gasteiger partial charge in [-0.2, -0.15) is 5.10 Å². The summed E-state index contributed by atoms with van der Waals surface area (Å²) in [5.41, 5.74) is 1.27. The lowest BCUT2D eigenvalue weighted by atomic mass is 10.0. The molecule has 0 saturated carbocycles. The second-order valence-electron chi connectivity index (χ2n) is 7.29. The predicted octanol–water partition coefficient (Wildman–Crippen LogP) is 2.79. The van der Waals surface area contributed by atoms with Crippen LogP contribution in [0.2, 0.25) is 0 Å². The zero-order valence-corrected chi connectivity index (χ0v) is 17.5. The summed E-state index contributed by atoms with van der Waals surface area (Å²) in [5.74, 6) is 1.37. The molecule has 0 spiro atoms. The predicted molar refractivity (Wildman–Crippen MR) is 109 cm³/mol. The van der Waals surface area contributed by atoms with Gasteiger partial charge in [0.25, 0.3) is 11.8 Å². The van der Waals surface area contributed by atoms with Crippen LogP contribution in [0.1, 0.15) is 44.3 Å². The van der Waals surface area contributed by atoms with Crippen LogP contribution in [-0.4, -0.2) is 50.6 Å². The molecular weight excluding hydrogens is 390 g/mol. The molecule has 0 aliphatic carbocycles. The third-order valence-corrected chi connectivity index (χ3v) is 6.19. The Kier molecular flexibility index (Phi) is 5.23. The molecule has 1 N–H and O–H groups in total. The summed E-state index contributed by atoms with van der Waals surface area (Å²) in [6.45, 7) is 4.93. The summed E-state index contributed by atoms with van der Waals surface area (Å²) in [7, 11) is 1.78. The zero-order valence-electron chi connectivity index (χ0n) is 16.6. The highest BCUT2D eigenvalue weighted by Gasteiger charge is 2.28. The molecule has 3 aromatic heterocycles. The molecule has 0 radical (unpaired) electrons. The highest BCUT2D eigenvalue weighted by atomic mass is 32.1. The largest absolute Gasteiger partial charge is 0.459 e. The Labute approximate surface area is 172 Å². The van der Waals surface area contributed by atoms with Crippen molar-refractivity contribution in [1.82, 2.24) is 25.0 Å². The van der Waals surface area contributed by atoms with Crippen LogP contribution in [0.5, 0.6) is 0 Å². The number of aromatic nitrogens is 3. The van der Waals surface area contributed by atoms with Crippen molar-refractivity contribution >= 4 is 23.2 Å². The standard InChI is InChI=1S/C20H23N5O3S/c1-12-4-5-16(28-12)19-22-13(2)17(29-19)20(27)25-8-6-15(7-9-25)23-18(26)14-10-21-24(3)11-14/h4-5,10-11,15H,6-9H2,1-3H3,(H,23,26). The number of aryl methyl sites for hydroxylation is 3. The molecule has 3 aromatic rings. The van der Waals surface area contributed by atoms with Gasteiger partial charge in [0.1, 0.15) is 10.6 Å². The average Bonchev–Trinajstić information content (AvgIpc) is 3.42. The molecular formula is C20H23N5O3S. The van der Waals surface area contributed by atoms with Crippen LogP contribution in [0, 0.1) is 13.8 Å². The first-order valence-corrected chi connectivity index (χ1v) is 10.4. The van der Waals surface area contributed by atoms with Gasteiger partial charge in [0.15, 0.2) is 10.8 Å². The molecule has 1 saturated heterocycles. The van der Waals surface area contributed by atoms with Gasteiger partial charge in [0.2, 0.25) is 0 Å². The van der Waals surface area contributed by atoms with Crippen molar-refractivity contribution in [3.05, 3.63) is 46.4 Å². The second kappa shape index (κ2) is 7.82. The minimum atomic E-state index is -0.125. The number of hydrogen-bond donors (Lipinski definition) is 1. The fourth-order valence-electron chi connectivity index (χ4n) is 3.43. The van der Waals surface area contributed by atoms with Gasteiger partial charge >= 0.3 is 0 Å². The van der Waals surface area contributed by atoms with Gasteiger partial charge in [0.05, 0.1) is 17.5 Å². The molecule has 2 amide bonds. The molecule has 8 nitrogen and oxygen atoms in total. The minimum absolute atomic E-state index is 0.00781. The SMILES string of the molecule is Cc1ccc(-c2nc(C)c(C(=O)N3CCC(NC(=O)c4cnn(C)c4)CC3)s2)o1. The number of rotatable bonds is 4. The maximum absolute atomic E-state index is 13.0. The van der Waals surface area contributed by atoms with Gasteiger partial charge in [-0.25, -0.2) is 4.98 Å². The normalized spacial score (nSPS) is 14.9. The number of likely N-dealkylation sites (tertiary alicyclic amines) is 1. The maximum Gasteiger partial charge on any atom is 0.265 e. The van der Waals surface area contributed by atoms with Crippen LogP contribution in [0.4, 0.5) is 0 Å². The molecule has 1 fully saturated rings.